The first-order valence-electron chi connectivity index (χ1n) is 18.4. The minimum Gasteiger partial charge on any atom is -0.472 e. The standard InChI is InChI=1S/C40H47Cl2FN4O8/c1-40(2,3)55-39(50)44-11-12-46(27(18-44)19-51-4)26-13-31(41)35(32(42)14-26)37(48)45-17-23-7-6-8-28(36(23)54-22-45)29-16-34(30(15-33(29)43)38(49)52-5)47-24-9-10-25(47)21-53-20-24/h6-8,13-16,24-25,27,38,49H,9-12,17-22H2,1-5H3/t24?,25?,27-,38?/m0/s1. The van der Waals surface area contributed by atoms with Gasteiger partial charge in [-0.15, -0.1) is 0 Å². The quantitative estimate of drug-likeness (QED) is 0.242. The Balaban J connectivity index is 1.12. The summed E-state index contributed by atoms with van der Waals surface area (Å²) >= 11 is 13.6. The maximum absolute atomic E-state index is 16.0. The van der Waals surface area contributed by atoms with E-state index in [2.05, 4.69) is 9.80 Å². The van der Waals surface area contributed by atoms with Crippen LogP contribution >= 0.6 is 23.2 Å². The van der Waals surface area contributed by atoms with Gasteiger partial charge in [0.2, 0.25) is 0 Å². The van der Waals surface area contributed by atoms with Crippen molar-refractivity contribution >= 4 is 46.6 Å². The van der Waals surface area contributed by atoms with E-state index in [0.29, 0.717) is 78.8 Å². The van der Waals surface area contributed by atoms with Gasteiger partial charge < -0.3 is 48.4 Å². The summed E-state index contributed by atoms with van der Waals surface area (Å²) in [4.78, 5) is 34.3. The van der Waals surface area contributed by atoms with Crippen molar-refractivity contribution in [1.82, 2.24) is 9.80 Å². The second kappa shape index (κ2) is 16.0. The summed E-state index contributed by atoms with van der Waals surface area (Å²) in [6.07, 6.45) is 0.171. The van der Waals surface area contributed by atoms with Gasteiger partial charge in [0.05, 0.1) is 60.1 Å². The highest BCUT2D eigenvalue weighted by atomic mass is 35.5. The summed E-state index contributed by atoms with van der Waals surface area (Å²) in [7, 11) is 2.98. The van der Waals surface area contributed by atoms with Gasteiger partial charge in [-0.25, -0.2) is 9.18 Å². The molecule has 3 aromatic rings. The van der Waals surface area contributed by atoms with E-state index in [9.17, 15) is 14.7 Å². The van der Waals surface area contributed by atoms with Gasteiger partial charge >= 0.3 is 6.09 Å². The molecule has 7 rings (SSSR count). The third kappa shape index (κ3) is 7.92. The molecule has 0 saturated carbocycles. The van der Waals surface area contributed by atoms with Crippen molar-refractivity contribution in [2.24, 2.45) is 0 Å². The molecule has 0 aliphatic carbocycles. The number of aliphatic hydroxyl groups is 1. The number of benzene rings is 3. The van der Waals surface area contributed by atoms with Crippen molar-refractivity contribution < 1.29 is 42.8 Å². The lowest BCUT2D eigenvalue weighted by atomic mass is 9.96. The summed E-state index contributed by atoms with van der Waals surface area (Å²) in [5.74, 6) is -0.498. The first kappa shape index (κ1) is 39.4. The molecule has 3 aromatic carbocycles. The van der Waals surface area contributed by atoms with Crippen molar-refractivity contribution in [2.45, 2.75) is 70.2 Å². The lowest BCUT2D eigenvalue weighted by Crippen LogP contribution is -2.57. The smallest absolute Gasteiger partial charge is 0.410 e. The molecule has 296 valence electrons. The van der Waals surface area contributed by atoms with Crippen molar-refractivity contribution in [3.8, 4) is 16.9 Å². The van der Waals surface area contributed by atoms with E-state index in [4.69, 9.17) is 46.9 Å². The number of piperazine rings is 1. The largest absolute Gasteiger partial charge is 0.472 e. The molecule has 0 spiro atoms. The van der Waals surface area contributed by atoms with E-state index in [1.165, 1.54) is 18.1 Å². The average molecular weight is 802 g/mol. The number of morpholine rings is 1. The fourth-order valence-electron chi connectivity index (χ4n) is 8.08. The number of rotatable bonds is 8. The predicted molar refractivity (Wildman–Crippen MR) is 207 cm³/mol. The van der Waals surface area contributed by atoms with Crippen LogP contribution in [0.15, 0.2) is 42.5 Å². The second-order valence-corrected chi connectivity index (χ2v) is 16.2. The third-order valence-corrected chi connectivity index (χ3v) is 11.2. The van der Waals surface area contributed by atoms with Crippen LogP contribution in [-0.4, -0.2) is 111 Å². The molecule has 4 aliphatic rings. The number of para-hydroxylation sites is 1. The van der Waals surface area contributed by atoms with Crippen molar-refractivity contribution in [2.75, 3.05) is 70.2 Å². The van der Waals surface area contributed by atoms with Crippen LogP contribution in [-0.2, 0) is 25.5 Å². The molecule has 0 aromatic heterocycles. The highest BCUT2D eigenvalue weighted by Gasteiger charge is 2.40. The van der Waals surface area contributed by atoms with Crippen LogP contribution in [0.5, 0.6) is 5.75 Å². The number of carbonyl (C=O) groups excluding carboxylic acids is 2. The monoisotopic (exact) mass is 800 g/mol. The molecule has 4 heterocycles. The lowest BCUT2D eigenvalue weighted by Gasteiger charge is -2.42. The van der Waals surface area contributed by atoms with Gasteiger partial charge in [-0.2, -0.15) is 0 Å². The molecule has 2 amide bonds. The number of aliphatic hydroxyl groups excluding tert-OH is 1. The molecule has 1 N–H and O–H groups in total. The van der Waals surface area contributed by atoms with E-state index < -0.39 is 29.7 Å². The zero-order chi connectivity index (χ0) is 39.2. The van der Waals surface area contributed by atoms with E-state index in [1.807, 2.05) is 26.8 Å². The Morgan fingerprint density at radius 2 is 1.71 bits per heavy atom. The van der Waals surface area contributed by atoms with Gasteiger partial charge in [-0.3, -0.25) is 4.79 Å². The number of anilines is 2. The Hall–Kier alpha value is -3.85. The molecule has 4 aliphatic heterocycles. The Morgan fingerprint density at radius 3 is 2.36 bits per heavy atom. The molecule has 4 atom stereocenters. The van der Waals surface area contributed by atoms with Gasteiger partial charge in [0, 0.05) is 67.5 Å². The highest BCUT2D eigenvalue weighted by Crippen LogP contribution is 2.45. The van der Waals surface area contributed by atoms with Gasteiger partial charge in [0.25, 0.3) is 5.91 Å². The van der Waals surface area contributed by atoms with Crippen LogP contribution in [0, 0.1) is 5.82 Å². The third-order valence-electron chi connectivity index (χ3n) is 10.6. The van der Waals surface area contributed by atoms with Crippen molar-refractivity contribution in [3.05, 3.63) is 75.0 Å². The van der Waals surface area contributed by atoms with Crippen LogP contribution < -0.4 is 14.5 Å². The first-order chi connectivity index (χ1) is 26.3. The first-order valence-corrected chi connectivity index (χ1v) is 19.2. The topological polar surface area (TPSA) is 113 Å². The normalized spacial score (nSPS) is 21.7. The fraction of sp³-hybridized carbons (Fsp3) is 0.500. The predicted octanol–water partition coefficient (Wildman–Crippen LogP) is 6.87. The number of hydrogen-bond acceptors (Lipinski definition) is 10. The molecule has 3 fully saturated rings. The molecule has 2 bridgehead atoms. The van der Waals surface area contributed by atoms with Crippen LogP contribution in [0.4, 0.5) is 20.6 Å². The average Bonchev–Trinajstić information content (AvgIpc) is 3.39. The lowest BCUT2D eigenvalue weighted by molar-refractivity contribution is -0.0769. The maximum atomic E-state index is 16.0. The van der Waals surface area contributed by atoms with Crippen molar-refractivity contribution in [3.63, 3.8) is 0 Å². The van der Waals surface area contributed by atoms with Crippen LogP contribution in [0.3, 0.4) is 0 Å². The Labute approximate surface area is 330 Å². The number of methoxy groups -OCH3 is 2. The minimum absolute atomic E-state index is 0.106. The fourth-order valence-corrected chi connectivity index (χ4v) is 8.72. The SMILES string of the molecule is COC[C@@H]1CN(C(=O)OC(C)(C)C)CCN1c1cc(Cl)c(C(=O)N2COc3c(cccc3-c3cc(N4C5CCC4COC5)c(C(O)OC)cc3F)C2)c(Cl)c1. The molecule has 15 heteroatoms. The Bertz CT molecular complexity index is 1910. The van der Waals surface area contributed by atoms with Gasteiger partial charge in [0.15, 0.2) is 13.0 Å². The zero-order valence-electron chi connectivity index (χ0n) is 31.6. The Kier molecular flexibility index (Phi) is 11.4. The second-order valence-electron chi connectivity index (χ2n) is 15.4. The minimum atomic E-state index is -1.31. The molecule has 55 heavy (non-hydrogen) atoms. The summed E-state index contributed by atoms with van der Waals surface area (Å²) in [5, 5.41) is 11.1. The van der Waals surface area contributed by atoms with E-state index in [1.54, 1.807) is 42.3 Å². The number of hydrogen-bond donors (Lipinski definition) is 1. The maximum Gasteiger partial charge on any atom is 0.410 e. The summed E-state index contributed by atoms with van der Waals surface area (Å²) in [6.45, 7) is 8.22. The summed E-state index contributed by atoms with van der Waals surface area (Å²) < 4.78 is 44.4. The van der Waals surface area contributed by atoms with Gasteiger partial charge in [-0.1, -0.05) is 41.4 Å². The van der Waals surface area contributed by atoms with Crippen LogP contribution in [0.1, 0.15) is 61.4 Å². The molecule has 0 radical (unpaired) electrons. The van der Waals surface area contributed by atoms with Crippen LogP contribution in [0.2, 0.25) is 10.0 Å². The van der Waals surface area contributed by atoms with E-state index in [-0.39, 0.29) is 47.0 Å². The van der Waals surface area contributed by atoms with Gasteiger partial charge in [0.1, 0.15) is 17.2 Å². The highest BCUT2D eigenvalue weighted by molar-refractivity contribution is 6.40. The van der Waals surface area contributed by atoms with Crippen LogP contribution in [0.25, 0.3) is 11.1 Å². The summed E-state index contributed by atoms with van der Waals surface area (Å²) in [6, 6.07) is 11.9. The molecular weight excluding hydrogens is 754 g/mol. The van der Waals surface area contributed by atoms with Crippen molar-refractivity contribution in [1.29, 1.82) is 0 Å². The molecule has 3 unspecified atom stereocenters. The number of amides is 2. The van der Waals surface area contributed by atoms with E-state index in [0.717, 1.165) is 12.8 Å². The Morgan fingerprint density at radius 1 is 1.00 bits per heavy atom. The molecular formula is C40H47Cl2FN4O8. The molecule has 12 nitrogen and oxygen atoms in total. The summed E-state index contributed by atoms with van der Waals surface area (Å²) in [5.41, 5.74) is 2.77. The van der Waals surface area contributed by atoms with E-state index >= 15 is 4.39 Å². The zero-order valence-corrected chi connectivity index (χ0v) is 33.2. The number of carbonyl (C=O) groups is 2. The number of halogens is 3. The molecule has 3 saturated heterocycles. The number of nitrogens with zero attached hydrogens (tertiary/aromatic N) is 4. The number of fused-ring (bicyclic) bond motifs is 3. The number of ether oxygens (including phenoxy) is 5. The van der Waals surface area contributed by atoms with Gasteiger partial charge in [-0.05, 0) is 57.9 Å².